The first-order valence-electron chi connectivity index (χ1n) is 6.12. The first-order chi connectivity index (χ1) is 8.76. The van der Waals surface area contributed by atoms with Crippen LogP contribution in [0, 0.1) is 0 Å². The first kappa shape index (κ1) is 10.3. The fourth-order valence-electron chi connectivity index (χ4n) is 3.68. The molecule has 2 bridgehead atoms. The van der Waals surface area contributed by atoms with Crippen molar-refractivity contribution in [2.45, 2.75) is 17.8 Å². The molecule has 0 saturated carbocycles. The Bertz CT molecular complexity index is 677. The van der Waals surface area contributed by atoms with Crippen molar-refractivity contribution in [2.75, 3.05) is 0 Å². The number of hydrogen-bond donors (Lipinski definition) is 0. The van der Waals surface area contributed by atoms with Crippen molar-refractivity contribution in [1.82, 2.24) is 0 Å². The van der Waals surface area contributed by atoms with Crippen LogP contribution in [0.15, 0.2) is 42.5 Å². The van der Waals surface area contributed by atoms with Crippen molar-refractivity contribution in [2.24, 2.45) is 0 Å². The molecule has 2 aromatic carbocycles. The Balaban J connectivity index is 2.09. The summed E-state index contributed by atoms with van der Waals surface area (Å²) in [6.07, 6.45) is 1.97. The minimum Gasteiger partial charge on any atom is -0.302 e. The molecule has 0 aliphatic heterocycles. The molecule has 0 spiro atoms. The van der Waals surface area contributed by atoms with Crippen molar-refractivity contribution in [3.63, 3.8) is 0 Å². The maximum absolute atomic E-state index is 11.8. The van der Waals surface area contributed by atoms with E-state index in [9.17, 15) is 4.79 Å². The third-order valence-corrected chi connectivity index (χ3v) is 4.65. The van der Waals surface area contributed by atoms with Crippen molar-refractivity contribution in [1.29, 1.82) is 0 Å². The van der Waals surface area contributed by atoms with Gasteiger partial charge in [-0.15, -0.1) is 0 Å². The van der Waals surface area contributed by atoms with E-state index < -0.39 is 5.41 Å². The lowest BCUT2D eigenvalue weighted by atomic mass is 9.76. The molecule has 2 aromatic rings. The van der Waals surface area contributed by atoms with Gasteiger partial charge >= 0.3 is 0 Å². The Morgan fingerprint density at radius 1 is 1.11 bits per heavy atom. The largest absolute Gasteiger partial charge is 0.302 e. The SMILES string of the molecule is O=CC12CC(c3ccccc31)c1ccc(Cl)cc12. The van der Waals surface area contributed by atoms with Gasteiger partial charge < -0.3 is 4.79 Å². The maximum atomic E-state index is 11.8. The molecule has 2 heteroatoms. The molecule has 18 heavy (non-hydrogen) atoms. The summed E-state index contributed by atoms with van der Waals surface area (Å²) >= 11 is 6.09. The summed E-state index contributed by atoms with van der Waals surface area (Å²) in [5, 5.41) is 0.708. The second-order valence-electron chi connectivity index (χ2n) is 5.16. The second kappa shape index (κ2) is 3.24. The molecule has 0 amide bonds. The van der Waals surface area contributed by atoms with Crippen LogP contribution in [0.1, 0.15) is 34.6 Å². The van der Waals surface area contributed by atoms with Gasteiger partial charge in [0, 0.05) is 10.9 Å². The summed E-state index contributed by atoms with van der Waals surface area (Å²) in [4.78, 5) is 11.8. The number of benzene rings is 2. The fraction of sp³-hybridized carbons (Fsp3) is 0.188. The summed E-state index contributed by atoms with van der Waals surface area (Å²) in [6.45, 7) is 0. The lowest BCUT2D eigenvalue weighted by Gasteiger charge is -2.26. The van der Waals surface area contributed by atoms with E-state index in [0.717, 1.165) is 18.3 Å². The number of fused-ring (bicyclic) bond motifs is 8. The minimum absolute atomic E-state index is 0.360. The van der Waals surface area contributed by atoms with Gasteiger partial charge in [0.05, 0.1) is 5.41 Å². The molecule has 0 N–H and O–H groups in total. The van der Waals surface area contributed by atoms with Crippen molar-refractivity contribution in [3.05, 3.63) is 69.7 Å². The normalized spacial score (nSPS) is 26.8. The molecule has 2 atom stereocenters. The summed E-state index contributed by atoms with van der Waals surface area (Å²) < 4.78 is 0. The highest BCUT2D eigenvalue weighted by Gasteiger charge is 2.52. The van der Waals surface area contributed by atoms with Gasteiger partial charge in [0.15, 0.2) is 0 Å². The topological polar surface area (TPSA) is 17.1 Å². The zero-order chi connectivity index (χ0) is 12.3. The summed E-state index contributed by atoms with van der Waals surface area (Å²) in [6, 6.07) is 14.2. The van der Waals surface area contributed by atoms with Crippen LogP contribution in [0.25, 0.3) is 0 Å². The Hall–Kier alpha value is -1.60. The molecular weight excluding hydrogens is 244 g/mol. The van der Waals surface area contributed by atoms with E-state index in [4.69, 9.17) is 11.6 Å². The quantitative estimate of drug-likeness (QED) is 0.710. The van der Waals surface area contributed by atoms with Crippen molar-refractivity contribution < 1.29 is 4.79 Å². The Morgan fingerprint density at radius 3 is 2.72 bits per heavy atom. The van der Waals surface area contributed by atoms with Gasteiger partial charge in [-0.2, -0.15) is 0 Å². The van der Waals surface area contributed by atoms with E-state index in [1.165, 1.54) is 16.7 Å². The van der Waals surface area contributed by atoms with Crippen LogP contribution in [0.4, 0.5) is 0 Å². The highest BCUT2D eigenvalue weighted by atomic mass is 35.5. The molecule has 2 unspecified atom stereocenters. The average molecular weight is 255 g/mol. The maximum Gasteiger partial charge on any atom is 0.134 e. The lowest BCUT2D eigenvalue weighted by Crippen LogP contribution is -2.25. The molecule has 2 aliphatic carbocycles. The van der Waals surface area contributed by atoms with Gasteiger partial charge in [-0.3, -0.25) is 0 Å². The van der Waals surface area contributed by atoms with Gasteiger partial charge in [0.25, 0.3) is 0 Å². The van der Waals surface area contributed by atoms with Gasteiger partial charge in [0.1, 0.15) is 6.29 Å². The van der Waals surface area contributed by atoms with E-state index in [0.29, 0.717) is 10.9 Å². The van der Waals surface area contributed by atoms with Crippen LogP contribution < -0.4 is 0 Å². The predicted molar refractivity (Wildman–Crippen MR) is 71.2 cm³/mol. The molecular formula is C16H11ClO. The Labute approximate surface area is 110 Å². The Morgan fingerprint density at radius 2 is 1.89 bits per heavy atom. The molecule has 88 valence electrons. The lowest BCUT2D eigenvalue weighted by molar-refractivity contribution is -0.111. The molecule has 0 aromatic heterocycles. The van der Waals surface area contributed by atoms with Gasteiger partial charge in [0.2, 0.25) is 0 Å². The summed E-state index contributed by atoms with van der Waals surface area (Å²) in [5.74, 6) is 0.360. The number of carbonyl (C=O) groups is 1. The monoisotopic (exact) mass is 254 g/mol. The van der Waals surface area contributed by atoms with Gasteiger partial charge in [-0.05, 0) is 40.8 Å². The van der Waals surface area contributed by atoms with E-state index in [1.54, 1.807) is 0 Å². The zero-order valence-electron chi connectivity index (χ0n) is 9.69. The van der Waals surface area contributed by atoms with Crippen LogP contribution in [-0.2, 0) is 10.2 Å². The minimum atomic E-state index is -0.457. The fourth-order valence-corrected chi connectivity index (χ4v) is 3.85. The summed E-state index contributed by atoms with van der Waals surface area (Å²) in [7, 11) is 0. The molecule has 1 nitrogen and oxygen atoms in total. The van der Waals surface area contributed by atoms with Crippen LogP contribution in [0.2, 0.25) is 5.02 Å². The third-order valence-electron chi connectivity index (χ3n) is 4.42. The van der Waals surface area contributed by atoms with E-state index in [-0.39, 0.29) is 0 Å². The predicted octanol–water partition coefficient (Wildman–Crippen LogP) is 3.67. The highest BCUT2D eigenvalue weighted by Crippen LogP contribution is 2.59. The first-order valence-corrected chi connectivity index (χ1v) is 6.50. The van der Waals surface area contributed by atoms with Gasteiger partial charge in [-0.25, -0.2) is 0 Å². The molecule has 0 radical (unpaired) electrons. The van der Waals surface area contributed by atoms with E-state index >= 15 is 0 Å². The standard InChI is InChI=1S/C16H11ClO/c17-10-5-6-12-13-8-16(9-18,15(12)7-10)14-4-2-1-3-11(13)14/h1-7,9,13H,8H2. The molecule has 0 fully saturated rings. The number of rotatable bonds is 1. The molecule has 4 rings (SSSR count). The van der Waals surface area contributed by atoms with Crippen LogP contribution in [0.3, 0.4) is 0 Å². The molecule has 0 heterocycles. The molecule has 0 saturated heterocycles. The van der Waals surface area contributed by atoms with Crippen molar-refractivity contribution >= 4 is 17.9 Å². The van der Waals surface area contributed by atoms with E-state index in [1.807, 2.05) is 24.3 Å². The summed E-state index contributed by atoms with van der Waals surface area (Å²) in [5.41, 5.74) is 4.39. The zero-order valence-corrected chi connectivity index (χ0v) is 10.4. The third kappa shape index (κ3) is 1.02. The smallest absolute Gasteiger partial charge is 0.134 e. The average Bonchev–Trinajstić information content (AvgIpc) is 2.91. The van der Waals surface area contributed by atoms with Crippen LogP contribution in [0.5, 0.6) is 0 Å². The molecule has 2 aliphatic rings. The van der Waals surface area contributed by atoms with Crippen LogP contribution >= 0.6 is 11.6 Å². The highest BCUT2D eigenvalue weighted by molar-refractivity contribution is 6.30. The van der Waals surface area contributed by atoms with Crippen molar-refractivity contribution in [3.8, 4) is 0 Å². The van der Waals surface area contributed by atoms with E-state index in [2.05, 4.69) is 18.2 Å². The number of hydrogen-bond acceptors (Lipinski definition) is 1. The number of carbonyl (C=O) groups excluding carboxylic acids is 1. The Kier molecular flexibility index (Phi) is 1.86. The van der Waals surface area contributed by atoms with Crippen LogP contribution in [-0.4, -0.2) is 6.29 Å². The van der Waals surface area contributed by atoms with Gasteiger partial charge in [-0.1, -0.05) is 41.9 Å². The second-order valence-corrected chi connectivity index (χ2v) is 5.60. The number of halogens is 1. The number of aldehydes is 1.